The number of benzene rings is 7. The van der Waals surface area contributed by atoms with Crippen LogP contribution in [-0.4, -0.2) is 177 Å². The van der Waals surface area contributed by atoms with E-state index in [4.69, 9.17) is 0 Å². The van der Waals surface area contributed by atoms with Gasteiger partial charge in [-0.15, -0.1) is 0 Å². The second-order valence-electron chi connectivity index (χ2n) is 28.9. The minimum atomic E-state index is -0.610. The number of fused-ring (bicyclic) bond motifs is 21. The van der Waals surface area contributed by atoms with Crippen molar-refractivity contribution in [2.24, 2.45) is 0 Å². The molecule has 35 nitrogen and oxygen atoms in total. The Morgan fingerprint density at radius 3 is 0.372 bits per heavy atom. The topological polar surface area (TPSA) is 605 Å². The van der Waals surface area contributed by atoms with Crippen LogP contribution in [0.3, 0.4) is 0 Å². The standard InChI is InChI=1S/7C13H10N2O3.3Re/c7*1-6-5-7-3-2-4-14-9(7)10-8(6)11(16)12(17)13(18)15-10;;;/h7*2-5,17H,1H3,(H2,15,16,18);;;. The second-order valence-corrected chi connectivity index (χ2v) is 28.9. The van der Waals surface area contributed by atoms with Crippen molar-refractivity contribution in [3.63, 3.8) is 0 Å². The predicted molar refractivity (Wildman–Crippen MR) is 467 cm³/mol. The number of aromatic nitrogens is 14. The summed E-state index contributed by atoms with van der Waals surface area (Å²) in [5.74, 6) is -11.1. The number of rotatable bonds is 0. The van der Waals surface area contributed by atoms with Crippen molar-refractivity contribution in [3.8, 4) is 122 Å². The van der Waals surface area contributed by atoms with Gasteiger partial charge < -0.3 is 107 Å². The number of pyridine rings is 14. The molecular weight excluding hydrogens is 2180 g/mol. The van der Waals surface area contributed by atoms with Gasteiger partial charge >= 0.3 is 0 Å². The molecule has 129 heavy (non-hydrogen) atoms. The van der Waals surface area contributed by atoms with Crippen molar-refractivity contribution in [2.75, 3.05) is 0 Å². The van der Waals surface area contributed by atoms with Crippen LogP contribution in [0.1, 0.15) is 38.9 Å². The van der Waals surface area contributed by atoms with Crippen LogP contribution in [0.5, 0.6) is 122 Å². The van der Waals surface area contributed by atoms with E-state index in [1.165, 1.54) is 0 Å². The van der Waals surface area contributed by atoms with Crippen molar-refractivity contribution in [1.29, 1.82) is 0 Å². The van der Waals surface area contributed by atoms with E-state index >= 15 is 0 Å². The van der Waals surface area contributed by atoms with Gasteiger partial charge in [-0.3, -0.25) is 34.9 Å². The molecule has 0 spiro atoms. The minimum Gasteiger partial charge on any atom is -0.504 e. The van der Waals surface area contributed by atoms with Crippen LogP contribution in [-0.2, 0) is 61.3 Å². The van der Waals surface area contributed by atoms with E-state index in [0.717, 1.165) is 76.6 Å². The van der Waals surface area contributed by atoms with E-state index in [2.05, 4.69) is 69.8 Å². The Morgan fingerprint density at radius 2 is 0.264 bits per heavy atom. The molecule has 7 aromatic carbocycles. The van der Waals surface area contributed by atoms with Gasteiger partial charge in [0, 0.05) is 142 Å². The second kappa shape index (κ2) is 36.7. The molecule has 0 saturated heterocycles. The molecule has 0 aliphatic rings. The Morgan fingerprint density at radius 1 is 0.155 bits per heavy atom. The molecule has 21 aromatic rings. The van der Waals surface area contributed by atoms with Gasteiger partial charge in [-0.1, -0.05) is 42.5 Å². The third-order valence-electron chi connectivity index (χ3n) is 20.7. The fourth-order valence-corrected chi connectivity index (χ4v) is 14.9. The molecule has 38 heteroatoms. The van der Waals surface area contributed by atoms with Crippen LogP contribution < -0.4 is 0 Å². The SMILES string of the molecule is Cc1cc2cccnc2c2nc(O)c(O)c(O)c12.Cc1cc2cccnc2c2nc(O)c(O)c(O)c12.Cc1cc2cccnc2c2nc(O)c(O)c(O)c12.Cc1cc2cccnc2c2nc(O)c(O)c(O)c12.Cc1cc2cccnc2c2nc(O)c(O)c(O)c12.Cc1cc2cccnc2c2nc(O)c(O)c(O)c12.Cc1cc2cccnc2c2nc(O)c(O)c(O)c12.[Re].[Re].[Re]. The zero-order chi connectivity index (χ0) is 90.0. The average molecular weight is 2250 g/mol. The summed E-state index contributed by atoms with van der Waals surface area (Å²) in [6.07, 6.45) is 11.3. The third-order valence-corrected chi connectivity index (χ3v) is 20.7. The van der Waals surface area contributed by atoms with Crippen LogP contribution in [0.2, 0.25) is 0 Å². The van der Waals surface area contributed by atoms with Crippen LogP contribution in [0.4, 0.5) is 0 Å². The molecule has 0 unspecified atom stereocenters. The van der Waals surface area contributed by atoms with Gasteiger partial charge in [0.2, 0.25) is 40.2 Å². The Kier molecular flexibility index (Phi) is 26.3. The number of hydrogen-bond acceptors (Lipinski definition) is 35. The smallest absolute Gasteiger partial charge is 0.259 e. The number of aromatic hydroxyl groups is 21. The van der Waals surface area contributed by atoms with E-state index in [0.29, 0.717) is 115 Å². The molecule has 651 valence electrons. The molecule has 0 aliphatic heterocycles. The molecule has 0 saturated carbocycles. The van der Waals surface area contributed by atoms with Gasteiger partial charge in [0.1, 0.15) is 38.6 Å². The fraction of sp³-hybridized carbons (Fsp3) is 0.0769. The van der Waals surface area contributed by atoms with E-state index in [1.54, 1.807) is 134 Å². The van der Waals surface area contributed by atoms with Crippen LogP contribution in [0.25, 0.3) is 153 Å². The summed E-state index contributed by atoms with van der Waals surface area (Å²) in [6.45, 7) is 12.6. The fourth-order valence-electron chi connectivity index (χ4n) is 14.9. The maximum atomic E-state index is 9.90. The van der Waals surface area contributed by atoms with Gasteiger partial charge in [-0.2, -0.15) is 0 Å². The van der Waals surface area contributed by atoms with Crippen LogP contribution >= 0.6 is 0 Å². The van der Waals surface area contributed by atoms with Gasteiger partial charge in [-0.25, -0.2) is 34.9 Å². The largest absolute Gasteiger partial charge is 0.504 e. The van der Waals surface area contributed by atoms with Crippen molar-refractivity contribution in [2.45, 2.75) is 48.5 Å². The maximum absolute atomic E-state index is 9.90. The molecule has 0 amide bonds. The van der Waals surface area contributed by atoms with E-state index in [-0.39, 0.29) is 102 Å². The zero-order valence-corrected chi connectivity index (χ0v) is 76.1. The monoisotopic (exact) mass is 2260 g/mol. The number of nitrogens with zero attached hydrogens (tertiary/aromatic N) is 14. The van der Waals surface area contributed by atoms with E-state index in [1.807, 2.05) is 84.9 Å². The molecular formula is C91H70N14O21Re3. The first-order valence-electron chi connectivity index (χ1n) is 37.7. The van der Waals surface area contributed by atoms with Gasteiger partial charge in [0.05, 0.1) is 76.3 Å². The molecule has 21 N–H and O–H groups in total. The first kappa shape index (κ1) is 92.3. The minimum absolute atomic E-state index is 0. The van der Waals surface area contributed by atoms with Crippen molar-refractivity contribution >= 4 is 153 Å². The molecule has 0 fully saturated rings. The zero-order valence-electron chi connectivity index (χ0n) is 68.0. The number of hydrogen-bond donors (Lipinski definition) is 21. The van der Waals surface area contributed by atoms with Crippen molar-refractivity contribution < 1.29 is 169 Å². The predicted octanol–water partition coefficient (Wildman–Crippen LogP) is 15.5. The summed E-state index contributed by atoms with van der Waals surface area (Å²) in [4.78, 5) is 56.7. The molecule has 21 rings (SSSR count). The summed E-state index contributed by atoms with van der Waals surface area (Å²) in [7, 11) is 0. The first-order valence-corrected chi connectivity index (χ1v) is 37.7. The summed E-state index contributed by atoms with van der Waals surface area (Å²) in [5.41, 5.74) is 11.9. The quantitative estimate of drug-likeness (QED) is 0.0627. The summed E-state index contributed by atoms with van der Waals surface area (Å²) >= 11 is 0. The normalized spacial score (nSPS) is 10.9. The maximum Gasteiger partial charge on any atom is 0.259 e. The molecule has 14 aromatic heterocycles. The molecule has 0 bridgehead atoms. The van der Waals surface area contributed by atoms with Gasteiger partial charge in [-0.05, 0) is 172 Å². The molecule has 14 heterocycles. The molecule has 0 aliphatic carbocycles. The Hall–Kier alpha value is -15.9. The van der Waals surface area contributed by atoms with E-state index < -0.39 is 81.4 Å². The van der Waals surface area contributed by atoms with Gasteiger partial charge in [0.25, 0.3) is 41.2 Å². The Labute approximate surface area is 765 Å². The summed E-state index contributed by atoms with van der Waals surface area (Å²) < 4.78 is 0. The number of aryl methyl sites for hydroxylation is 7. The molecule has 0 atom stereocenters. The third kappa shape index (κ3) is 16.7. The summed E-state index contributed by atoms with van der Waals surface area (Å²) in [5, 5.41) is 211. The summed E-state index contributed by atoms with van der Waals surface area (Å²) in [6, 6.07) is 38.7. The Bertz CT molecular complexity index is 6840. The van der Waals surface area contributed by atoms with E-state index in [9.17, 15) is 107 Å². The van der Waals surface area contributed by atoms with Crippen molar-refractivity contribution in [3.05, 3.63) is 210 Å². The Balaban J connectivity index is 0.000000136. The first-order chi connectivity index (χ1) is 60.1. The van der Waals surface area contributed by atoms with Crippen LogP contribution in [0.15, 0.2) is 171 Å². The van der Waals surface area contributed by atoms with Crippen molar-refractivity contribution in [1.82, 2.24) is 69.8 Å². The van der Waals surface area contributed by atoms with Crippen LogP contribution in [0, 0.1) is 48.5 Å². The average Bonchev–Trinajstić information content (AvgIpc) is 0.793. The molecule has 3 radical (unpaired) electrons. The van der Waals surface area contributed by atoms with Gasteiger partial charge in [0.15, 0.2) is 40.2 Å².